The lowest BCUT2D eigenvalue weighted by atomic mass is 10.1. The molecule has 1 N–H and O–H groups in total. The predicted molar refractivity (Wildman–Crippen MR) is 107 cm³/mol. The van der Waals surface area contributed by atoms with E-state index in [1.54, 1.807) is 0 Å². The molecule has 1 aliphatic rings. The van der Waals surface area contributed by atoms with Crippen molar-refractivity contribution in [2.24, 2.45) is 0 Å². The number of hydrogen-bond acceptors (Lipinski definition) is 2. The Balaban J connectivity index is 1.39. The van der Waals surface area contributed by atoms with Crippen LogP contribution in [0.5, 0.6) is 0 Å². The Labute approximate surface area is 162 Å². The summed E-state index contributed by atoms with van der Waals surface area (Å²) in [6, 6.07) is 13.7. The second-order valence-corrected chi connectivity index (χ2v) is 7.32. The number of fused-ring (bicyclic) bond motifs is 1. The molecular weight excluding hydrogens is 369 g/mol. The monoisotopic (exact) mass is 387 g/mol. The van der Waals surface area contributed by atoms with Crippen molar-refractivity contribution in [2.45, 2.75) is 6.42 Å². The van der Waals surface area contributed by atoms with Crippen LogP contribution in [-0.2, 0) is 11.2 Å². The third kappa shape index (κ3) is 3.39. The number of nitrogens with one attached hydrogen (secondary N) is 1. The Hall–Kier alpha value is -2.17. The first-order valence-electron chi connectivity index (χ1n) is 8.64. The van der Waals surface area contributed by atoms with Gasteiger partial charge in [-0.25, -0.2) is 0 Å². The van der Waals surface area contributed by atoms with Crippen LogP contribution >= 0.6 is 23.2 Å². The molecular formula is C20H19Cl2N3O. The molecule has 2 aromatic carbocycles. The molecule has 2 heterocycles. The fourth-order valence-corrected chi connectivity index (χ4v) is 3.74. The van der Waals surface area contributed by atoms with Crippen molar-refractivity contribution in [3.63, 3.8) is 0 Å². The number of halogens is 2. The summed E-state index contributed by atoms with van der Waals surface area (Å²) in [5.74, 6) is 0.170. The van der Waals surface area contributed by atoms with Gasteiger partial charge in [0.05, 0.1) is 16.5 Å². The van der Waals surface area contributed by atoms with E-state index in [2.05, 4.69) is 16.0 Å². The molecule has 26 heavy (non-hydrogen) atoms. The van der Waals surface area contributed by atoms with E-state index < -0.39 is 0 Å². The average Bonchev–Trinajstić information content (AvgIpc) is 3.07. The van der Waals surface area contributed by atoms with Gasteiger partial charge in [0.1, 0.15) is 0 Å². The van der Waals surface area contributed by atoms with Gasteiger partial charge in [-0.3, -0.25) is 4.79 Å². The number of benzene rings is 2. The van der Waals surface area contributed by atoms with Gasteiger partial charge < -0.3 is 14.8 Å². The Kier molecular flexibility index (Phi) is 4.79. The van der Waals surface area contributed by atoms with Gasteiger partial charge in [0.2, 0.25) is 5.91 Å². The molecule has 0 unspecified atom stereocenters. The minimum atomic E-state index is 0.170. The van der Waals surface area contributed by atoms with Crippen LogP contribution in [0.15, 0.2) is 48.7 Å². The van der Waals surface area contributed by atoms with Crippen molar-refractivity contribution in [3.05, 3.63) is 64.3 Å². The first-order chi connectivity index (χ1) is 12.6. The third-order valence-corrected chi connectivity index (χ3v) is 5.66. The molecule has 1 saturated heterocycles. The van der Waals surface area contributed by atoms with Gasteiger partial charge in [-0.05, 0) is 29.8 Å². The Bertz CT molecular complexity index is 945. The zero-order chi connectivity index (χ0) is 18.1. The predicted octanol–water partition coefficient (Wildman–Crippen LogP) is 4.37. The van der Waals surface area contributed by atoms with E-state index in [1.807, 2.05) is 47.5 Å². The van der Waals surface area contributed by atoms with Crippen molar-refractivity contribution >= 4 is 45.7 Å². The molecule has 0 bridgehead atoms. The second kappa shape index (κ2) is 7.22. The highest BCUT2D eigenvalue weighted by Gasteiger charge is 2.22. The van der Waals surface area contributed by atoms with Crippen molar-refractivity contribution in [2.75, 3.05) is 31.1 Å². The summed E-state index contributed by atoms with van der Waals surface area (Å²) in [6.07, 6.45) is 2.37. The SMILES string of the molecule is O=C(Cc1c[nH]c2ccccc12)N1CCN(c2ccc(Cl)c(Cl)c2)CC1. The van der Waals surface area contributed by atoms with Crippen molar-refractivity contribution in [1.82, 2.24) is 9.88 Å². The molecule has 6 heteroatoms. The molecule has 0 aliphatic carbocycles. The Morgan fingerprint density at radius 1 is 1.00 bits per heavy atom. The van der Waals surface area contributed by atoms with Crippen LogP contribution in [0, 0.1) is 0 Å². The van der Waals surface area contributed by atoms with Gasteiger partial charge in [-0.15, -0.1) is 0 Å². The van der Waals surface area contributed by atoms with E-state index in [1.165, 1.54) is 0 Å². The smallest absolute Gasteiger partial charge is 0.227 e. The largest absolute Gasteiger partial charge is 0.368 e. The Morgan fingerprint density at radius 2 is 1.77 bits per heavy atom. The van der Waals surface area contributed by atoms with Crippen LogP contribution in [-0.4, -0.2) is 42.0 Å². The summed E-state index contributed by atoms with van der Waals surface area (Å²) in [4.78, 5) is 20.1. The minimum Gasteiger partial charge on any atom is -0.368 e. The van der Waals surface area contributed by atoms with Crippen molar-refractivity contribution in [3.8, 4) is 0 Å². The fourth-order valence-electron chi connectivity index (χ4n) is 3.45. The minimum absolute atomic E-state index is 0.170. The standard InChI is InChI=1S/C20H19Cl2N3O/c21-17-6-5-15(12-18(17)22)24-7-9-25(10-8-24)20(26)11-14-13-23-19-4-2-1-3-16(14)19/h1-6,12-13,23H,7-11H2. The van der Waals surface area contributed by atoms with E-state index in [9.17, 15) is 4.79 Å². The average molecular weight is 388 g/mol. The van der Waals surface area contributed by atoms with E-state index in [0.717, 1.165) is 35.2 Å². The molecule has 1 amide bonds. The first kappa shape index (κ1) is 17.3. The van der Waals surface area contributed by atoms with Crippen molar-refractivity contribution < 1.29 is 4.79 Å². The molecule has 1 aliphatic heterocycles. The molecule has 0 saturated carbocycles. The number of anilines is 1. The van der Waals surface area contributed by atoms with Gasteiger partial charge >= 0.3 is 0 Å². The number of H-pyrrole nitrogens is 1. The van der Waals surface area contributed by atoms with E-state index in [4.69, 9.17) is 23.2 Å². The van der Waals surface area contributed by atoms with Crippen molar-refractivity contribution in [1.29, 1.82) is 0 Å². The Morgan fingerprint density at radius 3 is 2.54 bits per heavy atom. The second-order valence-electron chi connectivity index (χ2n) is 6.50. The van der Waals surface area contributed by atoms with Crippen LogP contribution in [0.25, 0.3) is 10.9 Å². The molecule has 4 nitrogen and oxygen atoms in total. The number of amides is 1. The highest BCUT2D eigenvalue weighted by molar-refractivity contribution is 6.42. The lowest BCUT2D eigenvalue weighted by Gasteiger charge is -2.36. The van der Waals surface area contributed by atoms with Gasteiger partial charge in [0.25, 0.3) is 0 Å². The number of rotatable bonds is 3. The molecule has 4 rings (SSSR count). The normalized spacial score (nSPS) is 14.8. The highest BCUT2D eigenvalue weighted by atomic mass is 35.5. The molecule has 3 aromatic rings. The quantitative estimate of drug-likeness (QED) is 0.724. The van der Waals surface area contributed by atoms with Gasteiger partial charge in [0.15, 0.2) is 0 Å². The molecule has 0 spiro atoms. The number of aromatic amines is 1. The molecule has 0 radical (unpaired) electrons. The summed E-state index contributed by atoms with van der Waals surface area (Å²) >= 11 is 12.1. The molecule has 134 valence electrons. The number of carbonyl (C=O) groups is 1. The van der Waals surface area contributed by atoms with Crippen LogP contribution in [0.3, 0.4) is 0 Å². The van der Waals surface area contributed by atoms with E-state index >= 15 is 0 Å². The van der Waals surface area contributed by atoms with Crippen LogP contribution in [0.4, 0.5) is 5.69 Å². The van der Waals surface area contributed by atoms with E-state index in [-0.39, 0.29) is 5.91 Å². The van der Waals surface area contributed by atoms with Gasteiger partial charge in [-0.2, -0.15) is 0 Å². The molecule has 0 atom stereocenters. The first-order valence-corrected chi connectivity index (χ1v) is 9.40. The van der Waals surface area contributed by atoms with Crippen LogP contribution in [0.1, 0.15) is 5.56 Å². The zero-order valence-corrected chi connectivity index (χ0v) is 15.7. The zero-order valence-electron chi connectivity index (χ0n) is 14.2. The lowest BCUT2D eigenvalue weighted by molar-refractivity contribution is -0.130. The summed E-state index contributed by atoms with van der Waals surface area (Å²) < 4.78 is 0. The number of carbonyl (C=O) groups excluding carboxylic acids is 1. The lowest BCUT2D eigenvalue weighted by Crippen LogP contribution is -2.49. The number of piperazine rings is 1. The summed E-state index contributed by atoms with van der Waals surface area (Å²) in [7, 11) is 0. The summed E-state index contributed by atoms with van der Waals surface area (Å²) in [5, 5.41) is 2.24. The maximum Gasteiger partial charge on any atom is 0.227 e. The number of hydrogen-bond donors (Lipinski definition) is 1. The maximum absolute atomic E-state index is 12.7. The molecule has 1 aromatic heterocycles. The van der Waals surface area contributed by atoms with E-state index in [0.29, 0.717) is 29.6 Å². The number of nitrogens with zero attached hydrogens (tertiary/aromatic N) is 2. The fraction of sp³-hybridized carbons (Fsp3) is 0.250. The van der Waals surface area contributed by atoms with Gasteiger partial charge in [-0.1, -0.05) is 41.4 Å². The maximum atomic E-state index is 12.7. The summed E-state index contributed by atoms with van der Waals surface area (Å²) in [6.45, 7) is 3.00. The third-order valence-electron chi connectivity index (χ3n) is 4.92. The van der Waals surface area contributed by atoms with Crippen LogP contribution < -0.4 is 4.90 Å². The topological polar surface area (TPSA) is 39.3 Å². The number of aromatic nitrogens is 1. The van der Waals surface area contributed by atoms with Crippen LogP contribution in [0.2, 0.25) is 10.0 Å². The highest BCUT2D eigenvalue weighted by Crippen LogP contribution is 2.28. The number of para-hydroxylation sites is 1. The molecule has 1 fully saturated rings. The summed E-state index contributed by atoms with van der Waals surface area (Å²) in [5.41, 5.74) is 3.17. The van der Waals surface area contributed by atoms with Gasteiger partial charge in [0, 0.05) is 49.0 Å².